The Bertz CT molecular complexity index is 759. The summed E-state index contributed by atoms with van der Waals surface area (Å²) in [4.78, 5) is 0.251. The second kappa shape index (κ2) is 6.05. The zero-order valence-electron chi connectivity index (χ0n) is 12.0. The first-order valence-corrected chi connectivity index (χ1v) is 9.21. The predicted octanol–water partition coefficient (Wildman–Crippen LogP) is 2.05. The molecule has 1 aromatic heterocycles. The number of aromatic nitrogens is 4. The Balaban J connectivity index is 1.87. The lowest BCUT2D eigenvalue weighted by Gasteiger charge is -2.29. The summed E-state index contributed by atoms with van der Waals surface area (Å²) in [7, 11) is -1.87. The molecule has 1 N–H and O–H groups in total. The van der Waals surface area contributed by atoms with Gasteiger partial charge >= 0.3 is 0 Å². The van der Waals surface area contributed by atoms with Crippen LogP contribution >= 0.6 is 15.9 Å². The minimum absolute atomic E-state index is 0.251. The summed E-state index contributed by atoms with van der Waals surface area (Å²) in [5, 5.41) is 13.6. The highest BCUT2D eigenvalue weighted by Crippen LogP contribution is 2.31. The number of benzene rings is 1. The molecule has 22 heavy (non-hydrogen) atoms. The summed E-state index contributed by atoms with van der Waals surface area (Å²) in [5.41, 5.74) is 0.696. The van der Waals surface area contributed by atoms with Crippen LogP contribution in [0.15, 0.2) is 27.6 Å². The van der Waals surface area contributed by atoms with Gasteiger partial charge in [-0.25, -0.2) is 12.7 Å². The number of hydrogen-bond acceptors (Lipinski definition) is 5. The van der Waals surface area contributed by atoms with E-state index in [2.05, 4.69) is 36.6 Å². The Morgan fingerprint density at radius 3 is 2.73 bits per heavy atom. The SMILES string of the molecule is CN(CC1CCC1)S(=O)(=O)c1ccc(-c2nn[nH]n2)cc1Br. The molecule has 0 atom stereocenters. The van der Waals surface area contributed by atoms with Crippen molar-refractivity contribution in [1.82, 2.24) is 24.9 Å². The van der Waals surface area contributed by atoms with Crippen LogP contribution in [0.5, 0.6) is 0 Å². The molecule has 0 bridgehead atoms. The highest BCUT2D eigenvalue weighted by atomic mass is 79.9. The van der Waals surface area contributed by atoms with Crippen molar-refractivity contribution >= 4 is 26.0 Å². The first-order chi connectivity index (χ1) is 10.5. The third-order valence-electron chi connectivity index (χ3n) is 3.96. The number of nitrogens with zero attached hydrogens (tertiary/aromatic N) is 4. The van der Waals surface area contributed by atoms with E-state index in [0.717, 1.165) is 12.8 Å². The first-order valence-electron chi connectivity index (χ1n) is 6.98. The summed E-state index contributed by atoms with van der Waals surface area (Å²) in [6.07, 6.45) is 3.41. The zero-order chi connectivity index (χ0) is 15.7. The van der Waals surface area contributed by atoms with Crippen molar-refractivity contribution in [2.24, 2.45) is 5.92 Å². The third-order valence-corrected chi connectivity index (χ3v) is 6.76. The van der Waals surface area contributed by atoms with Crippen molar-refractivity contribution in [3.63, 3.8) is 0 Å². The molecule has 0 saturated heterocycles. The van der Waals surface area contributed by atoms with Crippen molar-refractivity contribution in [2.75, 3.05) is 13.6 Å². The van der Waals surface area contributed by atoms with E-state index in [1.54, 1.807) is 25.2 Å². The number of nitrogens with one attached hydrogen (secondary N) is 1. The Labute approximate surface area is 137 Å². The van der Waals surface area contributed by atoms with Crippen molar-refractivity contribution < 1.29 is 8.42 Å². The molecule has 1 aliphatic rings. The number of tetrazole rings is 1. The van der Waals surface area contributed by atoms with Crippen molar-refractivity contribution in [1.29, 1.82) is 0 Å². The highest BCUT2D eigenvalue weighted by Gasteiger charge is 2.28. The molecular weight excluding hydrogens is 370 g/mol. The second-order valence-corrected chi connectivity index (χ2v) is 8.33. The lowest BCUT2D eigenvalue weighted by molar-refractivity contribution is 0.263. The molecule has 0 unspecified atom stereocenters. The van der Waals surface area contributed by atoms with E-state index in [9.17, 15) is 8.42 Å². The highest BCUT2D eigenvalue weighted by molar-refractivity contribution is 9.10. The molecular formula is C13H16BrN5O2S. The van der Waals surface area contributed by atoms with Crippen LogP contribution in [0.4, 0.5) is 0 Å². The van der Waals surface area contributed by atoms with Crippen molar-refractivity contribution in [3.05, 3.63) is 22.7 Å². The fraction of sp³-hybridized carbons (Fsp3) is 0.462. The van der Waals surface area contributed by atoms with E-state index in [1.165, 1.54) is 10.7 Å². The maximum absolute atomic E-state index is 12.7. The monoisotopic (exact) mass is 385 g/mol. The Morgan fingerprint density at radius 1 is 1.41 bits per heavy atom. The molecule has 7 nitrogen and oxygen atoms in total. The van der Waals surface area contributed by atoms with Gasteiger partial charge < -0.3 is 0 Å². The maximum atomic E-state index is 12.7. The minimum atomic E-state index is -3.50. The lowest BCUT2D eigenvalue weighted by atomic mass is 9.86. The molecule has 9 heteroatoms. The van der Waals surface area contributed by atoms with E-state index in [4.69, 9.17) is 0 Å². The fourth-order valence-corrected chi connectivity index (χ4v) is 4.72. The topological polar surface area (TPSA) is 91.8 Å². The van der Waals surface area contributed by atoms with Crippen LogP contribution in [-0.2, 0) is 10.0 Å². The predicted molar refractivity (Wildman–Crippen MR) is 84.5 cm³/mol. The van der Waals surface area contributed by atoms with Crippen LogP contribution in [0, 0.1) is 5.92 Å². The van der Waals surface area contributed by atoms with Gasteiger partial charge in [0.15, 0.2) is 0 Å². The van der Waals surface area contributed by atoms with Crippen LogP contribution in [0.3, 0.4) is 0 Å². The molecule has 1 aromatic carbocycles. The molecule has 118 valence electrons. The van der Waals surface area contributed by atoms with Gasteiger partial charge in [0, 0.05) is 23.6 Å². The van der Waals surface area contributed by atoms with Gasteiger partial charge in [0.05, 0.1) is 4.90 Å². The molecule has 2 aromatic rings. The summed E-state index contributed by atoms with van der Waals surface area (Å²) in [5.74, 6) is 0.907. The van der Waals surface area contributed by atoms with Gasteiger partial charge in [0.2, 0.25) is 15.8 Å². The van der Waals surface area contributed by atoms with Crippen molar-refractivity contribution in [2.45, 2.75) is 24.2 Å². The summed E-state index contributed by atoms with van der Waals surface area (Å²) >= 11 is 3.34. The molecule has 0 amide bonds. The lowest BCUT2D eigenvalue weighted by Crippen LogP contribution is -2.34. The smallest absolute Gasteiger partial charge is 0.207 e. The molecule has 1 fully saturated rings. The number of sulfonamides is 1. The van der Waals surface area contributed by atoms with Crippen LogP contribution < -0.4 is 0 Å². The quantitative estimate of drug-likeness (QED) is 0.849. The summed E-state index contributed by atoms with van der Waals surface area (Å²) in [6, 6.07) is 4.94. The molecule has 1 heterocycles. The van der Waals surface area contributed by atoms with Crippen LogP contribution in [0.25, 0.3) is 11.4 Å². The van der Waals surface area contributed by atoms with Gasteiger partial charge in [-0.15, -0.1) is 10.2 Å². The average molecular weight is 386 g/mol. The van der Waals surface area contributed by atoms with Crippen LogP contribution in [-0.4, -0.2) is 46.9 Å². The third kappa shape index (κ3) is 2.92. The first kappa shape index (κ1) is 15.6. The van der Waals surface area contributed by atoms with Gasteiger partial charge in [-0.2, -0.15) is 5.21 Å². The summed E-state index contributed by atoms with van der Waals surface area (Å²) in [6.45, 7) is 0.571. The average Bonchev–Trinajstić information content (AvgIpc) is 2.96. The van der Waals surface area contributed by atoms with Gasteiger partial charge in [0.1, 0.15) is 0 Å². The van der Waals surface area contributed by atoms with E-state index < -0.39 is 10.0 Å². The normalized spacial score (nSPS) is 16.0. The van der Waals surface area contributed by atoms with E-state index in [-0.39, 0.29) is 4.90 Å². The van der Waals surface area contributed by atoms with Crippen molar-refractivity contribution in [3.8, 4) is 11.4 Å². The van der Waals surface area contributed by atoms with Gasteiger partial charge in [-0.3, -0.25) is 0 Å². The largest absolute Gasteiger partial charge is 0.243 e. The Morgan fingerprint density at radius 2 is 2.18 bits per heavy atom. The molecule has 0 aliphatic heterocycles. The Hall–Kier alpha value is -1.32. The fourth-order valence-electron chi connectivity index (χ4n) is 2.44. The number of hydrogen-bond donors (Lipinski definition) is 1. The maximum Gasteiger partial charge on any atom is 0.243 e. The second-order valence-electron chi connectivity index (χ2n) is 5.46. The number of aromatic amines is 1. The van der Waals surface area contributed by atoms with Gasteiger partial charge in [-0.1, -0.05) is 6.42 Å². The van der Waals surface area contributed by atoms with E-state index >= 15 is 0 Å². The van der Waals surface area contributed by atoms with Gasteiger partial charge in [-0.05, 0) is 58.1 Å². The number of halogens is 1. The molecule has 1 aliphatic carbocycles. The minimum Gasteiger partial charge on any atom is -0.207 e. The Kier molecular flexibility index (Phi) is 4.28. The number of H-pyrrole nitrogens is 1. The van der Waals surface area contributed by atoms with Crippen LogP contribution in [0.1, 0.15) is 19.3 Å². The molecule has 1 saturated carbocycles. The number of rotatable bonds is 5. The van der Waals surface area contributed by atoms with E-state index in [0.29, 0.717) is 28.3 Å². The molecule has 0 radical (unpaired) electrons. The van der Waals surface area contributed by atoms with E-state index in [1.807, 2.05) is 0 Å². The molecule has 3 rings (SSSR count). The zero-order valence-corrected chi connectivity index (χ0v) is 14.4. The van der Waals surface area contributed by atoms with Crippen LogP contribution in [0.2, 0.25) is 0 Å². The van der Waals surface area contributed by atoms with Gasteiger partial charge in [0.25, 0.3) is 0 Å². The summed E-state index contributed by atoms with van der Waals surface area (Å²) < 4.78 is 27.3. The molecule has 0 spiro atoms. The standard InChI is InChI=1S/C13H16BrN5O2S/c1-19(8-9-3-2-4-9)22(20,21)12-6-5-10(7-11(12)14)13-15-17-18-16-13/h5-7,9H,2-4,8H2,1H3,(H,15,16,17,18).